The third-order valence-electron chi connectivity index (χ3n) is 1.61. The van der Waals surface area contributed by atoms with E-state index in [1.54, 1.807) is 18.3 Å². The molecule has 0 fully saturated rings. The van der Waals surface area contributed by atoms with Gasteiger partial charge in [0, 0.05) is 12.0 Å². The molecule has 0 aliphatic rings. The molecule has 4 heteroatoms. The molecule has 0 aliphatic heterocycles. The van der Waals surface area contributed by atoms with Crippen LogP contribution < -0.4 is 5.43 Å². The molecule has 1 heterocycles. The van der Waals surface area contributed by atoms with Gasteiger partial charge in [-0.1, -0.05) is 6.92 Å². The zero-order chi connectivity index (χ0) is 9.68. The van der Waals surface area contributed by atoms with Crippen LogP contribution in [-0.2, 0) is 4.79 Å². The Morgan fingerprint density at radius 1 is 1.69 bits per heavy atom. The van der Waals surface area contributed by atoms with E-state index in [4.69, 9.17) is 0 Å². The molecule has 1 aromatic heterocycles. The van der Waals surface area contributed by atoms with Gasteiger partial charge in [0.2, 0.25) is 5.91 Å². The molecule has 0 aliphatic carbocycles. The van der Waals surface area contributed by atoms with Crippen LogP contribution in [0.5, 0.6) is 0 Å². The summed E-state index contributed by atoms with van der Waals surface area (Å²) in [5.41, 5.74) is 4.37. The minimum atomic E-state index is -0.0606. The molecule has 1 rings (SSSR count). The normalized spacial score (nSPS) is 11.4. The fourth-order valence-corrected chi connectivity index (χ4v) is 1.46. The summed E-state index contributed by atoms with van der Waals surface area (Å²) in [6.45, 7) is 3.67. The fourth-order valence-electron chi connectivity index (χ4n) is 0.760. The van der Waals surface area contributed by atoms with Gasteiger partial charge in [-0.25, -0.2) is 5.43 Å². The van der Waals surface area contributed by atoms with Crippen LogP contribution in [0.25, 0.3) is 0 Å². The number of hydrogen-bond donors (Lipinski definition) is 1. The van der Waals surface area contributed by atoms with E-state index < -0.39 is 0 Å². The lowest BCUT2D eigenvalue weighted by Gasteiger charge is -1.97. The number of carbonyl (C=O) groups excluding carboxylic acids is 1. The molecular weight excluding hydrogens is 184 g/mol. The summed E-state index contributed by atoms with van der Waals surface area (Å²) in [5, 5.41) is 7.94. The Morgan fingerprint density at radius 3 is 3.00 bits per heavy atom. The fraction of sp³-hybridized carbons (Fsp3) is 0.333. The van der Waals surface area contributed by atoms with Gasteiger partial charge >= 0.3 is 0 Å². The molecule has 0 unspecified atom stereocenters. The van der Waals surface area contributed by atoms with E-state index in [-0.39, 0.29) is 5.91 Å². The Bertz CT molecular complexity index is 303. The topological polar surface area (TPSA) is 41.5 Å². The van der Waals surface area contributed by atoms with Gasteiger partial charge in [0.05, 0.1) is 5.71 Å². The van der Waals surface area contributed by atoms with E-state index in [0.717, 1.165) is 11.3 Å². The van der Waals surface area contributed by atoms with Gasteiger partial charge < -0.3 is 0 Å². The van der Waals surface area contributed by atoms with Crippen molar-refractivity contribution in [3.8, 4) is 0 Å². The Morgan fingerprint density at radius 2 is 2.46 bits per heavy atom. The van der Waals surface area contributed by atoms with Crippen LogP contribution in [-0.4, -0.2) is 11.6 Å². The molecule has 13 heavy (non-hydrogen) atoms. The molecule has 1 N–H and O–H groups in total. The van der Waals surface area contributed by atoms with Crippen molar-refractivity contribution in [1.29, 1.82) is 0 Å². The van der Waals surface area contributed by atoms with E-state index in [0.29, 0.717) is 6.42 Å². The number of hydrazone groups is 1. The van der Waals surface area contributed by atoms with Gasteiger partial charge in [-0.05, 0) is 23.8 Å². The van der Waals surface area contributed by atoms with Gasteiger partial charge in [0.1, 0.15) is 0 Å². The summed E-state index contributed by atoms with van der Waals surface area (Å²) in [7, 11) is 0. The second kappa shape index (κ2) is 4.77. The Kier molecular flexibility index (Phi) is 3.64. The van der Waals surface area contributed by atoms with Crippen LogP contribution in [0.1, 0.15) is 25.8 Å². The standard InChI is InChI=1S/C9H12N2OS/c1-3-9(12)11-10-7(2)8-4-5-13-6-8/h4-6H,3H2,1-2H3,(H,11,12)/b10-7-. The molecule has 3 nitrogen and oxygen atoms in total. The summed E-state index contributed by atoms with van der Waals surface area (Å²) in [6.07, 6.45) is 0.459. The first-order valence-electron chi connectivity index (χ1n) is 4.09. The maximum atomic E-state index is 10.9. The van der Waals surface area contributed by atoms with E-state index in [1.165, 1.54) is 0 Å². The first-order valence-corrected chi connectivity index (χ1v) is 5.04. The number of nitrogens with one attached hydrogen (secondary N) is 1. The number of thiophene rings is 1. The molecule has 0 saturated heterocycles. The van der Waals surface area contributed by atoms with Gasteiger partial charge in [-0.3, -0.25) is 4.79 Å². The van der Waals surface area contributed by atoms with E-state index >= 15 is 0 Å². The van der Waals surface area contributed by atoms with Gasteiger partial charge in [0.25, 0.3) is 0 Å². The maximum absolute atomic E-state index is 10.9. The third kappa shape index (κ3) is 2.99. The zero-order valence-electron chi connectivity index (χ0n) is 7.70. The van der Waals surface area contributed by atoms with Crippen molar-refractivity contribution in [3.63, 3.8) is 0 Å². The SMILES string of the molecule is CCC(=O)N/N=C(/C)c1ccsc1. The van der Waals surface area contributed by atoms with Crippen molar-refractivity contribution in [2.24, 2.45) is 5.10 Å². The second-order valence-corrected chi connectivity index (χ2v) is 3.38. The van der Waals surface area contributed by atoms with Crippen LogP contribution in [0.4, 0.5) is 0 Å². The molecule has 0 radical (unpaired) electrons. The second-order valence-electron chi connectivity index (χ2n) is 2.60. The van der Waals surface area contributed by atoms with Crippen molar-refractivity contribution in [2.45, 2.75) is 20.3 Å². The van der Waals surface area contributed by atoms with E-state index in [1.807, 2.05) is 23.8 Å². The van der Waals surface area contributed by atoms with Crippen LogP contribution >= 0.6 is 11.3 Å². The van der Waals surface area contributed by atoms with Crippen molar-refractivity contribution in [3.05, 3.63) is 22.4 Å². The molecule has 0 spiro atoms. The minimum absolute atomic E-state index is 0.0606. The van der Waals surface area contributed by atoms with Crippen molar-refractivity contribution in [2.75, 3.05) is 0 Å². The Balaban J connectivity index is 2.57. The molecule has 70 valence electrons. The predicted molar refractivity (Wildman–Crippen MR) is 55.0 cm³/mol. The highest BCUT2D eigenvalue weighted by Crippen LogP contribution is 2.06. The lowest BCUT2D eigenvalue weighted by molar-refractivity contribution is -0.120. The summed E-state index contributed by atoms with van der Waals surface area (Å²) in [5.74, 6) is -0.0606. The lowest BCUT2D eigenvalue weighted by atomic mass is 10.2. The quantitative estimate of drug-likeness (QED) is 0.583. The molecule has 0 bridgehead atoms. The van der Waals surface area contributed by atoms with Crippen LogP contribution in [0.3, 0.4) is 0 Å². The van der Waals surface area contributed by atoms with E-state index in [2.05, 4.69) is 10.5 Å². The summed E-state index contributed by atoms with van der Waals surface area (Å²) in [6, 6.07) is 1.97. The molecule has 1 amide bonds. The largest absolute Gasteiger partial charge is 0.273 e. The molecular formula is C9H12N2OS. The Hall–Kier alpha value is -1.16. The zero-order valence-corrected chi connectivity index (χ0v) is 8.52. The Labute approximate surface area is 81.5 Å². The lowest BCUT2D eigenvalue weighted by Crippen LogP contribution is -2.17. The summed E-state index contributed by atoms with van der Waals surface area (Å²) in [4.78, 5) is 10.9. The molecule has 0 atom stereocenters. The van der Waals surface area contributed by atoms with E-state index in [9.17, 15) is 4.79 Å². The molecule has 1 aromatic rings. The summed E-state index contributed by atoms with van der Waals surface area (Å²) < 4.78 is 0. The molecule has 0 aromatic carbocycles. The maximum Gasteiger partial charge on any atom is 0.239 e. The number of hydrogen-bond acceptors (Lipinski definition) is 3. The minimum Gasteiger partial charge on any atom is -0.273 e. The monoisotopic (exact) mass is 196 g/mol. The van der Waals surface area contributed by atoms with Crippen molar-refractivity contribution in [1.82, 2.24) is 5.43 Å². The number of carbonyl (C=O) groups is 1. The van der Waals surface area contributed by atoms with Crippen LogP contribution in [0.2, 0.25) is 0 Å². The highest BCUT2D eigenvalue weighted by atomic mass is 32.1. The number of amides is 1. The van der Waals surface area contributed by atoms with Crippen molar-refractivity contribution < 1.29 is 4.79 Å². The average molecular weight is 196 g/mol. The summed E-state index contributed by atoms with van der Waals surface area (Å²) >= 11 is 1.61. The smallest absolute Gasteiger partial charge is 0.239 e. The van der Waals surface area contributed by atoms with Crippen LogP contribution in [0.15, 0.2) is 21.9 Å². The third-order valence-corrected chi connectivity index (χ3v) is 2.29. The highest BCUT2D eigenvalue weighted by Gasteiger charge is 1.98. The highest BCUT2D eigenvalue weighted by molar-refractivity contribution is 7.08. The number of rotatable bonds is 3. The predicted octanol–water partition coefficient (Wildman–Crippen LogP) is 2.00. The first-order chi connectivity index (χ1) is 6.24. The van der Waals surface area contributed by atoms with Gasteiger partial charge in [-0.2, -0.15) is 16.4 Å². The number of nitrogens with zero attached hydrogens (tertiary/aromatic N) is 1. The molecule has 0 saturated carbocycles. The average Bonchev–Trinajstić information content (AvgIpc) is 2.66. The first kappa shape index (κ1) is 9.92. The van der Waals surface area contributed by atoms with Crippen LogP contribution in [0, 0.1) is 0 Å². The van der Waals surface area contributed by atoms with Gasteiger partial charge in [0.15, 0.2) is 0 Å². The van der Waals surface area contributed by atoms with Crippen molar-refractivity contribution >= 4 is 23.0 Å². The van der Waals surface area contributed by atoms with Gasteiger partial charge in [-0.15, -0.1) is 0 Å².